The van der Waals surface area contributed by atoms with Gasteiger partial charge in [0.2, 0.25) is 5.91 Å². The molecule has 24 heavy (non-hydrogen) atoms. The number of amides is 2. The monoisotopic (exact) mass is 334 g/mol. The zero-order valence-corrected chi connectivity index (χ0v) is 14.6. The molecule has 1 fully saturated rings. The number of nitrogens with one attached hydrogen (secondary N) is 1. The number of carbonyl (C=O) groups is 2. The van der Waals surface area contributed by atoms with E-state index in [1.165, 1.54) is 30.7 Å². The Morgan fingerprint density at radius 1 is 1.00 bits per heavy atom. The smallest absolute Gasteiger partial charge is 0.251 e. The summed E-state index contributed by atoms with van der Waals surface area (Å²) in [6, 6.07) is 4.81. The number of carbonyl (C=O) groups excluding carboxylic acids is 2. The van der Waals surface area contributed by atoms with Crippen molar-refractivity contribution in [3.05, 3.63) is 35.6 Å². The maximum absolute atomic E-state index is 13.0. The molecule has 0 spiro atoms. The van der Waals surface area contributed by atoms with E-state index in [-0.39, 0.29) is 23.5 Å². The molecule has 4 nitrogen and oxygen atoms in total. The van der Waals surface area contributed by atoms with Crippen LogP contribution in [0.2, 0.25) is 0 Å². The van der Waals surface area contributed by atoms with Crippen LogP contribution in [0, 0.1) is 11.7 Å². The average Bonchev–Trinajstić information content (AvgIpc) is 2.52. The van der Waals surface area contributed by atoms with Crippen molar-refractivity contribution in [2.45, 2.75) is 52.0 Å². The van der Waals surface area contributed by atoms with Crippen LogP contribution in [0.1, 0.15) is 56.3 Å². The fourth-order valence-electron chi connectivity index (χ4n) is 3.00. The summed E-state index contributed by atoms with van der Waals surface area (Å²) in [5, 5.41) is 2.83. The fourth-order valence-corrected chi connectivity index (χ4v) is 3.00. The minimum atomic E-state index is -0.554. The Morgan fingerprint density at radius 3 is 2.08 bits per heavy atom. The minimum absolute atomic E-state index is 0.00709. The zero-order chi connectivity index (χ0) is 17.5. The first kappa shape index (κ1) is 18.4. The van der Waals surface area contributed by atoms with Gasteiger partial charge in [-0.05, 0) is 43.0 Å². The first-order valence-electron chi connectivity index (χ1n) is 8.84. The van der Waals surface area contributed by atoms with E-state index in [1.54, 1.807) is 0 Å². The van der Waals surface area contributed by atoms with Gasteiger partial charge < -0.3 is 10.2 Å². The number of benzene rings is 1. The molecule has 1 atom stereocenters. The second kappa shape index (κ2) is 8.81. The molecule has 1 unspecified atom stereocenters. The number of halogens is 1. The van der Waals surface area contributed by atoms with Gasteiger partial charge in [0.25, 0.3) is 5.91 Å². The zero-order valence-electron chi connectivity index (χ0n) is 14.6. The van der Waals surface area contributed by atoms with Crippen LogP contribution in [0.4, 0.5) is 4.39 Å². The van der Waals surface area contributed by atoms with Gasteiger partial charge in [-0.3, -0.25) is 9.59 Å². The van der Waals surface area contributed by atoms with Gasteiger partial charge in [-0.1, -0.05) is 33.1 Å². The van der Waals surface area contributed by atoms with Gasteiger partial charge in [-0.25, -0.2) is 4.39 Å². The molecule has 0 bridgehead atoms. The molecular formula is C19H27FN2O2. The molecule has 2 amide bonds. The number of hydrogen-bond acceptors (Lipinski definition) is 2. The van der Waals surface area contributed by atoms with Crippen LogP contribution in [-0.4, -0.2) is 35.8 Å². The molecule has 132 valence electrons. The first-order valence-corrected chi connectivity index (χ1v) is 8.84. The predicted octanol–water partition coefficient (Wildman–Crippen LogP) is 3.37. The van der Waals surface area contributed by atoms with Gasteiger partial charge >= 0.3 is 0 Å². The average molecular weight is 334 g/mol. The van der Waals surface area contributed by atoms with E-state index in [1.807, 2.05) is 18.7 Å². The number of nitrogens with zero attached hydrogens (tertiary/aromatic N) is 1. The van der Waals surface area contributed by atoms with E-state index in [4.69, 9.17) is 0 Å². The Labute approximate surface area is 143 Å². The van der Waals surface area contributed by atoms with E-state index >= 15 is 0 Å². The van der Waals surface area contributed by atoms with Crippen molar-refractivity contribution in [2.24, 2.45) is 5.92 Å². The molecule has 0 radical (unpaired) electrons. The maximum atomic E-state index is 13.0. The van der Waals surface area contributed by atoms with Crippen molar-refractivity contribution < 1.29 is 14.0 Å². The lowest BCUT2D eigenvalue weighted by Crippen LogP contribution is -2.51. The quantitative estimate of drug-likeness (QED) is 0.918. The van der Waals surface area contributed by atoms with Crippen molar-refractivity contribution in [1.29, 1.82) is 0 Å². The van der Waals surface area contributed by atoms with Crippen LogP contribution in [0.5, 0.6) is 0 Å². The molecule has 1 N–H and O–H groups in total. The van der Waals surface area contributed by atoms with E-state index in [9.17, 15) is 14.0 Å². The van der Waals surface area contributed by atoms with E-state index in [0.29, 0.717) is 5.56 Å². The normalized spacial score (nSPS) is 17.1. The summed E-state index contributed by atoms with van der Waals surface area (Å²) in [5.41, 5.74) is 0.363. The van der Waals surface area contributed by atoms with Crippen LogP contribution in [-0.2, 0) is 4.79 Å². The molecule has 2 rings (SSSR count). The summed E-state index contributed by atoms with van der Waals surface area (Å²) in [6.45, 7) is 5.37. The highest BCUT2D eigenvalue weighted by molar-refractivity contribution is 5.97. The van der Waals surface area contributed by atoms with Crippen molar-refractivity contribution in [2.75, 3.05) is 13.1 Å². The molecule has 0 aliphatic carbocycles. The summed E-state index contributed by atoms with van der Waals surface area (Å²) in [4.78, 5) is 27.1. The van der Waals surface area contributed by atoms with Crippen molar-refractivity contribution in [1.82, 2.24) is 10.2 Å². The van der Waals surface area contributed by atoms with Gasteiger partial charge in [0, 0.05) is 18.7 Å². The Morgan fingerprint density at radius 2 is 1.54 bits per heavy atom. The van der Waals surface area contributed by atoms with Crippen LogP contribution in [0.15, 0.2) is 24.3 Å². The van der Waals surface area contributed by atoms with E-state index in [0.717, 1.165) is 38.8 Å². The van der Waals surface area contributed by atoms with Crippen molar-refractivity contribution in [3.63, 3.8) is 0 Å². The SMILES string of the molecule is CC(C)C(NC(=O)c1ccc(F)cc1)C(=O)N1CCCCCCC1. The predicted molar refractivity (Wildman–Crippen MR) is 92.2 cm³/mol. The Balaban J connectivity index is 2.05. The first-order chi connectivity index (χ1) is 11.5. The van der Waals surface area contributed by atoms with Gasteiger partial charge in [-0.15, -0.1) is 0 Å². The lowest BCUT2D eigenvalue weighted by atomic mass is 10.0. The number of rotatable bonds is 4. The highest BCUT2D eigenvalue weighted by Gasteiger charge is 2.29. The van der Waals surface area contributed by atoms with Crippen molar-refractivity contribution >= 4 is 11.8 Å². The topological polar surface area (TPSA) is 49.4 Å². The molecule has 1 aliphatic rings. The molecule has 0 saturated carbocycles. The van der Waals surface area contributed by atoms with Gasteiger partial charge in [0.15, 0.2) is 0 Å². The number of hydrogen-bond donors (Lipinski definition) is 1. The Bertz CT molecular complexity index is 549. The Kier molecular flexibility index (Phi) is 6.76. The van der Waals surface area contributed by atoms with Crippen LogP contribution >= 0.6 is 0 Å². The van der Waals surface area contributed by atoms with Crippen molar-refractivity contribution in [3.8, 4) is 0 Å². The third-order valence-corrected chi connectivity index (χ3v) is 4.49. The molecule has 1 aromatic carbocycles. The highest BCUT2D eigenvalue weighted by Crippen LogP contribution is 2.14. The maximum Gasteiger partial charge on any atom is 0.251 e. The second-order valence-corrected chi connectivity index (χ2v) is 6.80. The molecule has 1 aromatic rings. The fraction of sp³-hybridized carbons (Fsp3) is 0.579. The second-order valence-electron chi connectivity index (χ2n) is 6.80. The largest absolute Gasteiger partial charge is 0.341 e. The van der Waals surface area contributed by atoms with E-state index in [2.05, 4.69) is 5.32 Å². The van der Waals surface area contributed by atoms with Gasteiger partial charge in [0.1, 0.15) is 11.9 Å². The molecule has 1 heterocycles. The number of likely N-dealkylation sites (tertiary alicyclic amines) is 1. The van der Waals surface area contributed by atoms with Gasteiger partial charge in [0.05, 0.1) is 0 Å². The van der Waals surface area contributed by atoms with Crippen LogP contribution < -0.4 is 5.32 Å². The van der Waals surface area contributed by atoms with Gasteiger partial charge in [-0.2, -0.15) is 0 Å². The molecule has 1 aliphatic heterocycles. The standard InChI is InChI=1S/C19H27FN2O2/c1-14(2)17(19(24)22-12-6-4-3-5-7-13-22)21-18(23)15-8-10-16(20)11-9-15/h8-11,14,17H,3-7,12-13H2,1-2H3,(H,21,23). The summed E-state index contributed by atoms with van der Waals surface area (Å²) in [5.74, 6) is -0.743. The molecular weight excluding hydrogens is 307 g/mol. The molecule has 5 heteroatoms. The Hall–Kier alpha value is -1.91. The summed E-state index contributed by atoms with van der Waals surface area (Å²) >= 11 is 0. The van der Waals surface area contributed by atoms with Crippen LogP contribution in [0.3, 0.4) is 0 Å². The summed E-state index contributed by atoms with van der Waals surface area (Å²) in [6.07, 6.45) is 5.57. The lowest BCUT2D eigenvalue weighted by Gasteiger charge is -2.31. The molecule has 0 aromatic heterocycles. The lowest BCUT2D eigenvalue weighted by molar-refractivity contribution is -0.134. The third kappa shape index (κ3) is 5.05. The summed E-state index contributed by atoms with van der Waals surface area (Å²) in [7, 11) is 0. The minimum Gasteiger partial charge on any atom is -0.341 e. The van der Waals surface area contributed by atoms with Crippen LogP contribution in [0.25, 0.3) is 0 Å². The van der Waals surface area contributed by atoms with E-state index < -0.39 is 6.04 Å². The summed E-state index contributed by atoms with van der Waals surface area (Å²) < 4.78 is 13.0. The molecule has 1 saturated heterocycles. The third-order valence-electron chi connectivity index (χ3n) is 4.49. The highest BCUT2D eigenvalue weighted by atomic mass is 19.1.